The number of hydrogen-bond donors (Lipinski definition) is 8. The summed E-state index contributed by atoms with van der Waals surface area (Å²) < 4.78 is 43.0. The number of carbonyl (C=O) groups excluding carboxylic acids is 5. The minimum absolute atomic E-state index is 0.0466. The number of nitrogens with one attached hydrogen (secondary N) is 5. The summed E-state index contributed by atoms with van der Waals surface area (Å²) in [6.45, 7) is 10.8. The van der Waals surface area contributed by atoms with Gasteiger partial charge in [0.15, 0.2) is 0 Å². The highest BCUT2D eigenvalue weighted by Crippen LogP contribution is 2.31. The summed E-state index contributed by atoms with van der Waals surface area (Å²) in [7, 11) is -3.67. The van der Waals surface area contributed by atoms with E-state index in [1.165, 1.54) is 6.07 Å². The Labute approximate surface area is 299 Å². The third kappa shape index (κ3) is 19.3. The van der Waals surface area contributed by atoms with Crippen molar-refractivity contribution in [2.75, 3.05) is 37.8 Å². The van der Waals surface area contributed by atoms with Crippen LogP contribution in [0.5, 0.6) is 5.75 Å². The lowest BCUT2D eigenvalue weighted by Crippen LogP contribution is -2.52. The first kappa shape index (κ1) is 45.1. The van der Waals surface area contributed by atoms with Gasteiger partial charge in [-0.2, -0.15) is 8.42 Å². The fourth-order valence-corrected chi connectivity index (χ4v) is 4.26. The van der Waals surface area contributed by atoms with Crippen LogP contribution in [-0.4, -0.2) is 111 Å². The second-order valence-corrected chi connectivity index (χ2v) is 14.3. The summed E-state index contributed by atoms with van der Waals surface area (Å²) in [5.41, 5.74) is 6.22. The zero-order valence-electron chi connectivity index (χ0n) is 30.2. The summed E-state index contributed by atoms with van der Waals surface area (Å²) in [5.74, 6) is -2.73. The Morgan fingerprint density at radius 1 is 1.00 bits per heavy atom. The molecule has 9 N–H and O–H groups in total. The van der Waals surface area contributed by atoms with Crippen LogP contribution in [0.4, 0.5) is 5.69 Å². The lowest BCUT2D eigenvalue weighted by molar-refractivity contribution is -0.184. The normalized spacial score (nSPS) is 17.9. The van der Waals surface area contributed by atoms with Gasteiger partial charge in [0.1, 0.15) is 24.5 Å². The number of carbonyl (C=O) groups is 5. The van der Waals surface area contributed by atoms with Gasteiger partial charge in [-0.3, -0.25) is 28.5 Å². The third-order valence-corrected chi connectivity index (χ3v) is 6.79. The monoisotopic (exact) mass is 746 g/mol. The quantitative estimate of drug-likeness (QED) is 0.0731. The predicted molar refractivity (Wildman–Crippen MR) is 187 cm³/mol. The molecule has 1 fully saturated rings. The van der Waals surface area contributed by atoms with Crippen LogP contribution in [0, 0.1) is 11.8 Å². The van der Waals surface area contributed by atoms with E-state index >= 15 is 0 Å². The van der Waals surface area contributed by atoms with Gasteiger partial charge < -0.3 is 51.6 Å². The lowest BCUT2D eigenvalue weighted by atomic mass is 10.0. The molecule has 1 aliphatic heterocycles. The van der Waals surface area contributed by atoms with Gasteiger partial charge >= 0.3 is 5.97 Å². The summed E-state index contributed by atoms with van der Waals surface area (Å²) >= 11 is 0. The molecule has 4 unspecified atom stereocenters. The molecule has 1 saturated heterocycles. The van der Waals surface area contributed by atoms with E-state index in [4.69, 9.17) is 24.5 Å². The smallest absolute Gasteiger partial charge is 0.308 e. The van der Waals surface area contributed by atoms with E-state index in [1.807, 2.05) is 13.8 Å². The Kier molecular flexibility index (Phi) is 19.6. The van der Waals surface area contributed by atoms with Gasteiger partial charge in [-0.05, 0) is 23.6 Å². The molecule has 18 nitrogen and oxygen atoms in total. The van der Waals surface area contributed by atoms with Crippen LogP contribution in [0.2, 0.25) is 0 Å². The summed E-state index contributed by atoms with van der Waals surface area (Å²) in [6, 6.07) is 3.95. The molecule has 1 aromatic rings. The number of esters is 1. The van der Waals surface area contributed by atoms with Crippen LogP contribution < -0.4 is 37.1 Å². The van der Waals surface area contributed by atoms with Gasteiger partial charge in [-0.1, -0.05) is 47.6 Å². The number of nitrogens with two attached hydrogens (primary N) is 1. The second kappa shape index (κ2) is 22.1. The minimum atomic E-state index is -3.67. The first-order valence-electron chi connectivity index (χ1n) is 16.5. The number of aliphatic hydroxyl groups excluding tert-OH is 1. The number of anilines is 1. The van der Waals surface area contributed by atoms with Crippen molar-refractivity contribution in [2.45, 2.75) is 91.6 Å². The van der Waals surface area contributed by atoms with Crippen LogP contribution in [0.1, 0.15) is 59.9 Å². The molecule has 0 aliphatic carbocycles. The molecule has 4 amide bonds. The van der Waals surface area contributed by atoms with Gasteiger partial charge in [0.05, 0.1) is 37.1 Å². The Morgan fingerprint density at radius 3 is 2.22 bits per heavy atom. The van der Waals surface area contributed by atoms with Crippen LogP contribution in [0.15, 0.2) is 18.2 Å². The molecule has 290 valence electrons. The molecule has 0 saturated carbocycles. The molecule has 19 heteroatoms. The fourth-order valence-electron chi connectivity index (χ4n) is 4.26. The molecule has 51 heavy (non-hydrogen) atoms. The highest BCUT2D eigenvalue weighted by Gasteiger charge is 2.34. The van der Waals surface area contributed by atoms with E-state index in [0.29, 0.717) is 11.8 Å². The average Bonchev–Trinajstić information content (AvgIpc) is 3.02. The molecule has 0 spiro atoms. The van der Waals surface area contributed by atoms with Gasteiger partial charge in [0.2, 0.25) is 29.9 Å². The molecule has 2 rings (SSSR count). The zero-order chi connectivity index (χ0) is 38.9. The van der Waals surface area contributed by atoms with Gasteiger partial charge in [-0.15, -0.1) is 0 Å². The first-order valence-corrected chi connectivity index (χ1v) is 18.3. The van der Waals surface area contributed by atoms with Crippen molar-refractivity contribution in [3.05, 3.63) is 23.8 Å². The molecule has 1 aliphatic rings. The average molecular weight is 747 g/mol. The minimum Gasteiger partial charge on any atom is -0.463 e. The van der Waals surface area contributed by atoms with Crippen molar-refractivity contribution in [3.63, 3.8) is 0 Å². The number of aliphatic hydroxyl groups is 1. The lowest BCUT2D eigenvalue weighted by Gasteiger charge is -2.32. The first-order chi connectivity index (χ1) is 23.7. The Hall–Kier alpha value is -3.88. The summed E-state index contributed by atoms with van der Waals surface area (Å²) in [5, 5.41) is 24.0. The highest BCUT2D eigenvalue weighted by atomic mass is 32.2. The van der Waals surface area contributed by atoms with Crippen LogP contribution in [0.3, 0.4) is 0 Å². The van der Waals surface area contributed by atoms with Gasteiger partial charge in [-0.25, -0.2) is 0 Å². The number of hydrogen-bond acceptors (Lipinski definition) is 13. The molecule has 1 heterocycles. The van der Waals surface area contributed by atoms with E-state index in [2.05, 4.69) is 26.6 Å². The van der Waals surface area contributed by atoms with Gasteiger partial charge in [0, 0.05) is 32.0 Å². The SMILES string of the molecule is CC(C)NCC(=O)NC(C(=O)NCC(=O)Nc1ccc(COC(=O)C(C)C)cc1OC1CC(O)CC(C(=O)NCCN)O1)C(C)C.CS(=O)(=O)O. The van der Waals surface area contributed by atoms with Crippen LogP contribution in [0.25, 0.3) is 0 Å². The van der Waals surface area contributed by atoms with Crippen LogP contribution in [-0.2, 0) is 50.2 Å². The molecule has 1 aromatic carbocycles. The standard InChI is InChI=1S/C31H50N6O9.CH4O3S/c1-17(2)28(37-26(40)14-34-19(5)6)30(42)35-15-25(39)36-22-8-7-20(16-44-31(43)18(3)4)11-23(22)45-27-13-21(38)12-24(46-27)29(41)33-10-9-32;1-5(2,3)4/h7-8,11,17-19,21,24,27-28,34,38H,9-10,12-16,32H2,1-6H3,(H,33,41)(H,35,42)(H,36,39)(H,37,40);1H3,(H,2,3,4). The van der Waals surface area contributed by atoms with Crippen molar-refractivity contribution >= 4 is 45.4 Å². The number of rotatable bonds is 17. The predicted octanol–water partition coefficient (Wildman–Crippen LogP) is -0.597. The fraction of sp³-hybridized carbons (Fsp3) is 0.656. The van der Waals surface area contributed by atoms with E-state index in [0.717, 1.165) is 0 Å². The van der Waals surface area contributed by atoms with Crippen molar-refractivity contribution in [3.8, 4) is 5.75 Å². The molecule has 0 aromatic heterocycles. The van der Waals surface area contributed by atoms with Crippen LogP contribution >= 0.6 is 0 Å². The molecular weight excluding hydrogens is 692 g/mol. The molecule has 0 radical (unpaired) electrons. The number of amides is 4. The molecular formula is C32H54N6O12S. The van der Waals surface area contributed by atoms with Gasteiger partial charge in [0.25, 0.3) is 10.1 Å². The van der Waals surface area contributed by atoms with E-state index in [9.17, 15) is 37.5 Å². The maximum atomic E-state index is 12.9. The number of benzene rings is 1. The molecule has 4 atom stereocenters. The van der Waals surface area contributed by atoms with Crippen molar-refractivity contribution in [1.29, 1.82) is 0 Å². The highest BCUT2D eigenvalue weighted by molar-refractivity contribution is 7.85. The maximum Gasteiger partial charge on any atom is 0.308 e. The van der Waals surface area contributed by atoms with Crippen molar-refractivity contribution < 1.29 is 56.3 Å². The topological polar surface area (TPSA) is 274 Å². The third-order valence-electron chi connectivity index (χ3n) is 6.79. The van der Waals surface area contributed by atoms with Crippen molar-refractivity contribution in [1.82, 2.24) is 21.3 Å². The maximum absolute atomic E-state index is 12.9. The Balaban J connectivity index is 0.00000242. The zero-order valence-corrected chi connectivity index (χ0v) is 31.0. The largest absolute Gasteiger partial charge is 0.463 e. The Morgan fingerprint density at radius 2 is 1.65 bits per heavy atom. The van der Waals surface area contributed by atoms with E-state index < -0.39 is 64.9 Å². The second-order valence-electron chi connectivity index (χ2n) is 12.8. The number of ether oxygens (including phenoxy) is 3. The summed E-state index contributed by atoms with van der Waals surface area (Å²) in [6.07, 6.45) is -2.11. The van der Waals surface area contributed by atoms with E-state index in [1.54, 1.807) is 39.8 Å². The summed E-state index contributed by atoms with van der Waals surface area (Å²) in [4.78, 5) is 62.6. The van der Waals surface area contributed by atoms with Crippen molar-refractivity contribution in [2.24, 2.45) is 17.6 Å². The molecule has 0 bridgehead atoms. The van der Waals surface area contributed by atoms with E-state index in [-0.39, 0.29) is 74.3 Å². The Bertz CT molecular complexity index is 1420.